The van der Waals surface area contributed by atoms with Crippen LogP contribution in [-0.4, -0.2) is 43.9 Å². The first-order valence-corrected chi connectivity index (χ1v) is 6.01. The fourth-order valence-electron chi connectivity index (χ4n) is 2.02. The molecule has 18 heavy (non-hydrogen) atoms. The topological polar surface area (TPSA) is 50.4 Å². The highest BCUT2D eigenvalue weighted by atomic mass is 19.4. The van der Waals surface area contributed by atoms with Crippen LogP contribution in [0.1, 0.15) is 20.3 Å². The first kappa shape index (κ1) is 15.2. The number of alkyl halides is 3. The van der Waals surface area contributed by atoms with Crippen molar-refractivity contribution in [2.75, 3.05) is 19.8 Å². The minimum absolute atomic E-state index is 0.118. The van der Waals surface area contributed by atoms with Crippen molar-refractivity contribution < 1.29 is 22.7 Å². The zero-order valence-corrected chi connectivity index (χ0v) is 10.5. The van der Waals surface area contributed by atoms with Crippen LogP contribution in [0.15, 0.2) is 0 Å². The summed E-state index contributed by atoms with van der Waals surface area (Å²) in [6.07, 6.45) is -5.28. The van der Waals surface area contributed by atoms with Gasteiger partial charge in [0.2, 0.25) is 5.91 Å². The second-order valence-electron chi connectivity index (χ2n) is 4.54. The van der Waals surface area contributed by atoms with E-state index < -0.39 is 24.6 Å². The zero-order chi connectivity index (χ0) is 13.8. The lowest BCUT2D eigenvalue weighted by molar-refractivity contribution is -0.142. The molecule has 0 aliphatic carbocycles. The predicted molar refractivity (Wildman–Crippen MR) is 60.1 cm³/mol. The summed E-state index contributed by atoms with van der Waals surface area (Å²) < 4.78 is 41.6. The van der Waals surface area contributed by atoms with Gasteiger partial charge in [-0.1, -0.05) is 6.92 Å². The van der Waals surface area contributed by atoms with E-state index in [4.69, 9.17) is 4.74 Å². The first-order valence-electron chi connectivity index (χ1n) is 6.01. The van der Waals surface area contributed by atoms with Crippen LogP contribution >= 0.6 is 0 Å². The molecular formula is C11H19F3N2O2. The molecule has 1 fully saturated rings. The molecule has 1 amide bonds. The minimum atomic E-state index is -4.26. The minimum Gasteiger partial charge on any atom is -0.379 e. The summed E-state index contributed by atoms with van der Waals surface area (Å²) in [7, 11) is 0. The maximum atomic E-state index is 12.1. The van der Waals surface area contributed by atoms with E-state index >= 15 is 0 Å². The van der Waals surface area contributed by atoms with E-state index in [0.717, 1.165) is 0 Å². The van der Waals surface area contributed by atoms with Crippen LogP contribution in [0, 0.1) is 5.92 Å². The maximum Gasteiger partial charge on any atom is 0.391 e. The molecule has 0 saturated carbocycles. The predicted octanol–water partition coefficient (Wildman–Crippen LogP) is 1.07. The van der Waals surface area contributed by atoms with E-state index in [1.165, 1.54) is 6.92 Å². The third-order valence-corrected chi connectivity index (χ3v) is 2.81. The monoisotopic (exact) mass is 268 g/mol. The second-order valence-corrected chi connectivity index (χ2v) is 4.54. The number of hydrogen-bond donors (Lipinski definition) is 2. The van der Waals surface area contributed by atoms with E-state index in [1.807, 2.05) is 6.92 Å². The van der Waals surface area contributed by atoms with Gasteiger partial charge in [-0.25, -0.2) is 0 Å². The molecule has 0 aromatic heterocycles. The third kappa shape index (κ3) is 4.81. The van der Waals surface area contributed by atoms with Crippen LogP contribution in [-0.2, 0) is 9.53 Å². The van der Waals surface area contributed by atoms with Crippen LogP contribution in [0.25, 0.3) is 0 Å². The molecule has 0 aromatic carbocycles. The van der Waals surface area contributed by atoms with Gasteiger partial charge < -0.3 is 15.4 Å². The summed E-state index contributed by atoms with van der Waals surface area (Å²) in [5.41, 5.74) is 0. The molecular weight excluding hydrogens is 249 g/mol. The molecule has 1 aliphatic heterocycles. The fourth-order valence-corrected chi connectivity index (χ4v) is 2.02. The van der Waals surface area contributed by atoms with Crippen LogP contribution in [0.4, 0.5) is 13.2 Å². The van der Waals surface area contributed by atoms with E-state index in [9.17, 15) is 18.0 Å². The van der Waals surface area contributed by atoms with Crippen molar-refractivity contribution in [3.8, 4) is 0 Å². The Balaban J connectivity index is 2.44. The third-order valence-electron chi connectivity index (χ3n) is 2.81. The lowest BCUT2D eigenvalue weighted by Crippen LogP contribution is -2.47. The van der Waals surface area contributed by atoms with E-state index in [2.05, 4.69) is 10.6 Å². The van der Waals surface area contributed by atoms with Gasteiger partial charge in [0, 0.05) is 12.1 Å². The van der Waals surface area contributed by atoms with Gasteiger partial charge in [0.15, 0.2) is 0 Å². The number of halogens is 3. The molecule has 0 spiro atoms. The number of hydrogen-bond acceptors (Lipinski definition) is 3. The number of ether oxygens (including phenoxy) is 1. The Kier molecular flexibility index (Phi) is 5.40. The zero-order valence-electron chi connectivity index (χ0n) is 10.5. The van der Waals surface area contributed by atoms with Gasteiger partial charge in [0.05, 0.1) is 25.6 Å². The van der Waals surface area contributed by atoms with Gasteiger partial charge in [-0.05, 0) is 13.5 Å². The van der Waals surface area contributed by atoms with Gasteiger partial charge in [0.1, 0.15) is 0 Å². The molecule has 0 bridgehead atoms. The highest BCUT2D eigenvalue weighted by Gasteiger charge is 2.36. The summed E-state index contributed by atoms with van der Waals surface area (Å²) in [4.78, 5) is 11.8. The summed E-state index contributed by atoms with van der Waals surface area (Å²) in [5.74, 6) is -0.796. The van der Waals surface area contributed by atoms with Gasteiger partial charge in [-0.15, -0.1) is 0 Å². The molecule has 2 N–H and O–H groups in total. The van der Waals surface area contributed by atoms with Crippen LogP contribution in [0.3, 0.4) is 0 Å². The molecule has 4 nitrogen and oxygen atoms in total. The van der Waals surface area contributed by atoms with Crippen molar-refractivity contribution in [3.05, 3.63) is 0 Å². The summed E-state index contributed by atoms with van der Waals surface area (Å²) in [6, 6.07) is -1.03. The van der Waals surface area contributed by atoms with Gasteiger partial charge >= 0.3 is 6.18 Å². The van der Waals surface area contributed by atoms with E-state index in [0.29, 0.717) is 13.2 Å². The number of carbonyl (C=O) groups excluding carboxylic acids is 1. The van der Waals surface area contributed by atoms with Crippen molar-refractivity contribution in [1.82, 2.24) is 10.6 Å². The molecule has 0 radical (unpaired) electrons. The molecule has 1 rings (SSSR count). The number of carbonyl (C=O) groups is 1. The van der Waals surface area contributed by atoms with Gasteiger partial charge in [0.25, 0.3) is 0 Å². The molecule has 1 heterocycles. The summed E-state index contributed by atoms with van der Waals surface area (Å²) >= 11 is 0. The molecule has 3 atom stereocenters. The van der Waals surface area contributed by atoms with E-state index in [-0.39, 0.29) is 18.6 Å². The molecule has 106 valence electrons. The number of likely N-dealkylation sites (N-methyl/N-ethyl adjacent to an activating group) is 1. The van der Waals surface area contributed by atoms with Crippen molar-refractivity contribution >= 4 is 5.91 Å². The maximum absolute atomic E-state index is 12.1. The SMILES string of the molecule is CCNC1COCC1C(=O)NC(C)CC(F)(F)F. The van der Waals surface area contributed by atoms with Crippen molar-refractivity contribution in [3.63, 3.8) is 0 Å². The largest absolute Gasteiger partial charge is 0.391 e. The molecule has 0 aromatic rings. The van der Waals surface area contributed by atoms with E-state index in [1.54, 1.807) is 0 Å². The average Bonchev–Trinajstić information content (AvgIpc) is 2.63. The Morgan fingerprint density at radius 2 is 2.11 bits per heavy atom. The van der Waals surface area contributed by atoms with Crippen LogP contribution in [0.2, 0.25) is 0 Å². The van der Waals surface area contributed by atoms with Crippen molar-refractivity contribution in [2.45, 2.75) is 38.5 Å². The molecule has 1 saturated heterocycles. The standard InChI is InChI=1S/C11H19F3N2O2/c1-3-15-9-6-18-5-8(9)10(17)16-7(2)4-11(12,13)14/h7-9,15H,3-6H2,1-2H3,(H,16,17). The summed E-state index contributed by atoms with van der Waals surface area (Å²) in [5, 5.41) is 5.48. The van der Waals surface area contributed by atoms with Crippen molar-refractivity contribution in [2.24, 2.45) is 5.92 Å². The quantitative estimate of drug-likeness (QED) is 0.784. The second kappa shape index (κ2) is 6.38. The smallest absolute Gasteiger partial charge is 0.379 e. The number of amides is 1. The highest BCUT2D eigenvalue weighted by Crippen LogP contribution is 2.22. The number of rotatable bonds is 5. The molecule has 7 heteroatoms. The van der Waals surface area contributed by atoms with Crippen LogP contribution < -0.4 is 10.6 Å². The van der Waals surface area contributed by atoms with Gasteiger partial charge in [-0.3, -0.25) is 4.79 Å². The lowest BCUT2D eigenvalue weighted by atomic mass is 10.0. The van der Waals surface area contributed by atoms with Crippen molar-refractivity contribution in [1.29, 1.82) is 0 Å². The Hall–Kier alpha value is -0.820. The highest BCUT2D eigenvalue weighted by molar-refractivity contribution is 5.80. The fraction of sp³-hybridized carbons (Fsp3) is 0.909. The number of nitrogens with one attached hydrogen (secondary N) is 2. The Morgan fingerprint density at radius 1 is 1.44 bits per heavy atom. The molecule has 3 unspecified atom stereocenters. The van der Waals surface area contributed by atoms with Crippen LogP contribution in [0.5, 0.6) is 0 Å². The Bertz CT molecular complexity index is 284. The van der Waals surface area contributed by atoms with Gasteiger partial charge in [-0.2, -0.15) is 13.2 Å². The summed E-state index contributed by atoms with van der Waals surface area (Å²) in [6.45, 7) is 4.61. The Morgan fingerprint density at radius 3 is 2.67 bits per heavy atom. The first-order chi connectivity index (χ1) is 8.33. The normalized spacial score (nSPS) is 26.1. The average molecular weight is 268 g/mol. The lowest BCUT2D eigenvalue weighted by Gasteiger charge is -2.21. The molecule has 1 aliphatic rings. The Labute approximate surface area is 104 Å².